The molecule has 0 saturated carbocycles. The van der Waals surface area contributed by atoms with Crippen molar-refractivity contribution < 1.29 is 9.22 Å². The number of anilines is 2. The summed E-state index contributed by atoms with van der Waals surface area (Å²) in [5.41, 5.74) is 1.86. The number of hydrogen-bond acceptors (Lipinski definition) is 7. The first-order valence-electron chi connectivity index (χ1n) is 13.6. The van der Waals surface area contributed by atoms with E-state index in [1.54, 1.807) is 28.4 Å². The van der Waals surface area contributed by atoms with Gasteiger partial charge in [-0.05, 0) is 61.8 Å². The zero-order chi connectivity index (χ0) is 29.7. The summed E-state index contributed by atoms with van der Waals surface area (Å²) in [6, 6.07) is 13.2. The van der Waals surface area contributed by atoms with Gasteiger partial charge in [0.25, 0.3) is 5.91 Å². The Labute approximate surface area is 251 Å². The zero-order valence-electron chi connectivity index (χ0n) is 24.8. The van der Waals surface area contributed by atoms with Gasteiger partial charge in [0.2, 0.25) is 5.95 Å². The monoisotopic (exact) mass is 608 g/mol. The number of aromatic nitrogens is 4. The first-order chi connectivity index (χ1) is 19.2. The first-order valence-corrected chi connectivity index (χ1v) is 17.7. The van der Waals surface area contributed by atoms with E-state index in [0.717, 1.165) is 26.8 Å². The molecule has 0 radical (unpaired) electrons. The van der Waals surface area contributed by atoms with E-state index in [-0.39, 0.29) is 17.0 Å². The van der Waals surface area contributed by atoms with Crippen LogP contribution >= 0.6 is 22.9 Å². The van der Waals surface area contributed by atoms with E-state index < -0.39 is 13.9 Å². The highest BCUT2D eigenvalue weighted by Gasteiger charge is 2.49. The molecule has 0 fully saturated rings. The number of amides is 1. The maximum atomic E-state index is 14.2. The summed E-state index contributed by atoms with van der Waals surface area (Å²) in [4.78, 5) is 27.2. The Hall–Kier alpha value is -3.05. The van der Waals surface area contributed by atoms with E-state index in [1.807, 2.05) is 54.4 Å². The van der Waals surface area contributed by atoms with Crippen molar-refractivity contribution in [2.24, 2.45) is 7.05 Å². The lowest BCUT2D eigenvalue weighted by molar-refractivity contribution is 0.0353. The minimum atomic E-state index is -2.08. The molecule has 0 unspecified atom stereocenters. The third-order valence-corrected chi connectivity index (χ3v) is 14.5. The van der Waals surface area contributed by atoms with E-state index >= 15 is 0 Å². The number of halogens is 1. The average Bonchev–Trinajstić information content (AvgIpc) is 3.56. The predicted octanol–water partition coefficient (Wildman–Crippen LogP) is 7.79. The molecule has 1 aromatic carbocycles. The van der Waals surface area contributed by atoms with Crippen molar-refractivity contribution in [1.82, 2.24) is 24.6 Å². The fourth-order valence-corrected chi connectivity index (χ4v) is 7.29. The highest BCUT2D eigenvalue weighted by molar-refractivity contribution is 7.16. The molecule has 4 aromatic rings. The Morgan fingerprint density at radius 3 is 2.54 bits per heavy atom. The number of rotatable bonds is 8. The number of hydrogen-bond donors (Lipinski definition) is 1. The molecule has 0 bridgehead atoms. The van der Waals surface area contributed by atoms with Gasteiger partial charge in [-0.15, -0.1) is 11.3 Å². The molecule has 41 heavy (non-hydrogen) atoms. The van der Waals surface area contributed by atoms with Crippen LogP contribution in [0.1, 0.15) is 61.5 Å². The van der Waals surface area contributed by atoms with Gasteiger partial charge in [0.05, 0.1) is 40.5 Å². The first kappa shape index (κ1) is 29.4. The molecule has 0 spiro atoms. The Bertz CT molecular complexity index is 1590. The maximum absolute atomic E-state index is 14.2. The number of carbonyl (C=O) groups excluding carboxylic acids is 1. The van der Waals surface area contributed by atoms with Crippen LogP contribution < -0.4 is 5.32 Å². The number of nitrogens with zero attached hydrogens (tertiary/aromatic N) is 5. The van der Waals surface area contributed by atoms with Crippen LogP contribution in [0, 0.1) is 0 Å². The fourth-order valence-electron chi connectivity index (χ4n) is 4.86. The number of thiophene rings is 1. The lowest BCUT2D eigenvalue weighted by Gasteiger charge is -2.42. The van der Waals surface area contributed by atoms with Gasteiger partial charge in [0.15, 0.2) is 8.32 Å². The number of nitrogens with one attached hydrogen (secondary N) is 1. The molecule has 0 aliphatic carbocycles. The quantitative estimate of drug-likeness (QED) is 0.206. The van der Waals surface area contributed by atoms with E-state index in [2.05, 4.69) is 63.1 Å². The van der Waals surface area contributed by atoms with Crippen molar-refractivity contribution in [3.8, 4) is 10.6 Å². The van der Waals surface area contributed by atoms with Crippen molar-refractivity contribution >= 4 is 48.9 Å². The Morgan fingerprint density at radius 2 is 1.90 bits per heavy atom. The molecule has 1 aliphatic rings. The molecule has 4 heterocycles. The standard InChI is InChI=1S/C30H37ClN6O2SSi/c1-29(2,3)41(7,8)39-18-23(19-10-9-11-20(31)16-19)37-27(38)21-17-24(40-26(21)30(37,4)5)22-12-14-32-28(34-22)35-25-13-15-33-36(25)6/h9-17,23H,18H2,1-8H3,(H,32,34,35)/t23-/m1/s1. The molecule has 11 heteroatoms. The van der Waals surface area contributed by atoms with Crippen LogP contribution in [-0.4, -0.2) is 45.5 Å². The van der Waals surface area contributed by atoms with Crippen molar-refractivity contribution in [2.75, 3.05) is 11.9 Å². The van der Waals surface area contributed by atoms with Gasteiger partial charge in [-0.2, -0.15) is 5.10 Å². The second-order valence-electron chi connectivity index (χ2n) is 12.5. The molecule has 1 atom stereocenters. The van der Waals surface area contributed by atoms with E-state index in [4.69, 9.17) is 21.0 Å². The van der Waals surface area contributed by atoms with Crippen molar-refractivity contribution in [3.05, 3.63) is 75.9 Å². The van der Waals surface area contributed by atoms with Gasteiger partial charge >= 0.3 is 0 Å². The van der Waals surface area contributed by atoms with E-state index in [0.29, 0.717) is 23.1 Å². The Kier molecular flexibility index (Phi) is 7.65. The van der Waals surface area contributed by atoms with Crippen LogP contribution in [0.25, 0.3) is 10.6 Å². The minimum absolute atomic E-state index is 0.0152. The van der Waals surface area contributed by atoms with Crippen LogP contribution in [0.15, 0.2) is 54.9 Å². The summed E-state index contributed by atoms with van der Waals surface area (Å²) in [6.07, 6.45) is 3.43. The van der Waals surface area contributed by atoms with Gasteiger partial charge in [0, 0.05) is 29.2 Å². The molecule has 216 valence electrons. The molecule has 1 aliphatic heterocycles. The van der Waals surface area contributed by atoms with Gasteiger partial charge in [-0.1, -0.05) is 44.5 Å². The lowest BCUT2D eigenvalue weighted by Crippen LogP contribution is -2.47. The Balaban J connectivity index is 1.47. The van der Waals surface area contributed by atoms with Crippen LogP contribution in [0.3, 0.4) is 0 Å². The normalized spacial score (nSPS) is 15.7. The van der Waals surface area contributed by atoms with Crippen molar-refractivity contribution in [2.45, 2.75) is 64.3 Å². The third kappa shape index (κ3) is 5.58. The van der Waals surface area contributed by atoms with Gasteiger partial charge in [-0.25, -0.2) is 9.97 Å². The molecule has 1 amide bonds. The van der Waals surface area contributed by atoms with Gasteiger partial charge in [0.1, 0.15) is 5.82 Å². The molecule has 8 nitrogen and oxygen atoms in total. The number of carbonyl (C=O) groups is 1. The zero-order valence-corrected chi connectivity index (χ0v) is 27.4. The second kappa shape index (κ2) is 10.7. The van der Waals surface area contributed by atoms with E-state index in [9.17, 15) is 4.79 Å². The number of benzene rings is 1. The molecule has 0 saturated heterocycles. The summed E-state index contributed by atoms with van der Waals surface area (Å²) >= 11 is 8.03. The molecular weight excluding hydrogens is 572 g/mol. The van der Waals surface area contributed by atoms with Crippen LogP contribution in [0.5, 0.6) is 0 Å². The third-order valence-electron chi connectivity index (χ3n) is 8.26. The summed E-state index contributed by atoms with van der Waals surface area (Å²) in [5, 5.41) is 8.07. The van der Waals surface area contributed by atoms with Crippen LogP contribution in [0.4, 0.5) is 11.8 Å². The topological polar surface area (TPSA) is 85.2 Å². The largest absolute Gasteiger partial charge is 0.414 e. The summed E-state index contributed by atoms with van der Waals surface area (Å²) in [6.45, 7) is 15.8. The summed E-state index contributed by atoms with van der Waals surface area (Å²) < 4.78 is 8.43. The van der Waals surface area contributed by atoms with E-state index in [1.165, 1.54) is 0 Å². The number of aryl methyl sites for hydroxylation is 1. The summed E-state index contributed by atoms with van der Waals surface area (Å²) in [5.74, 6) is 1.24. The molecular formula is C30H37ClN6O2SSi. The molecule has 3 aromatic heterocycles. The summed E-state index contributed by atoms with van der Waals surface area (Å²) in [7, 11) is -0.226. The van der Waals surface area contributed by atoms with Crippen molar-refractivity contribution in [3.63, 3.8) is 0 Å². The van der Waals surface area contributed by atoms with Gasteiger partial charge < -0.3 is 14.6 Å². The Morgan fingerprint density at radius 1 is 1.15 bits per heavy atom. The second-order valence-corrected chi connectivity index (χ2v) is 18.8. The fraction of sp³-hybridized carbons (Fsp3) is 0.400. The minimum Gasteiger partial charge on any atom is -0.414 e. The molecule has 1 N–H and O–H groups in total. The SMILES string of the molecule is Cn1nccc1Nc1nccc(-c2cc3c(s2)C(C)(C)N([C@H](CO[Si](C)(C)C(C)(C)C)c2cccc(Cl)c2)C3=O)n1. The van der Waals surface area contributed by atoms with Gasteiger partial charge in [-0.3, -0.25) is 9.48 Å². The maximum Gasteiger partial charge on any atom is 0.256 e. The van der Waals surface area contributed by atoms with Crippen molar-refractivity contribution in [1.29, 1.82) is 0 Å². The highest BCUT2D eigenvalue weighted by atomic mass is 35.5. The highest BCUT2D eigenvalue weighted by Crippen LogP contribution is 2.50. The smallest absolute Gasteiger partial charge is 0.256 e. The number of fused-ring (bicyclic) bond motifs is 1. The molecule has 5 rings (SSSR count). The van der Waals surface area contributed by atoms with Crippen LogP contribution in [-0.2, 0) is 17.0 Å². The average molecular weight is 609 g/mol. The predicted molar refractivity (Wildman–Crippen MR) is 168 cm³/mol. The lowest BCUT2D eigenvalue weighted by atomic mass is 9.98. The van der Waals surface area contributed by atoms with Crippen LogP contribution in [0.2, 0.25) is 23.2 Å².